The number of rotatable bonds is 5. The van der Waals surface area contributed by atoms with Crippen LogP contribution in [0.3, 0.4) is 0 Å². The number of hydrogen-bond donors (Lipinski definition) is 1. The first-order chi connectivity index (χ1) is 8.50. The third kappa shape index (κ3) is 2.97. The summed E-state index contributed by atoms with van der Waals surface area (Å²) in [6.07, 6.45) is 2.08. The Morgan fingerprint density at radius 1 is 1.56 bits per heavy atom. The van der Waals surface area contributed by atoms with Crippen molar-refractivity contribution in [1.82, 2.24) is 19.5 Å². The molecular formula is C9H11BrN4O2S2. The molecule has 18 heavy (non-hydrogen) atoms. The average Bonchev–Trinajstić information content (AvgIpc) is 2.88. The van der Waals surface area contributed by atoms with Crippen molar-refractivity contribution in [3.63, 3.8) is 0 Å². The SMILES string of the molecule is Cn1cnnc1CCNS(=O)(=O)c1sccc1Br. The number of hydrogen-bond acceptors (Lipinski definition) is 5. The summed E-state index contributed by atoms with van der Waals surface area (Å²) < 4.78 is 29.1. The molecule has 0 fully saturated rings. The van der Waals surface area contributed by atoms with Crippen LogP contribution in [0.15, 0.2) is 26.5 Å². The van der Waals surface area contributed by atoms with E-state index in [0.29, 0.717) is 21.6 Å². The Kier molecular flexibility index (Phi) is 4.15. The number of aryl methyl sites for hydroxylation is 1. The fourth-order valence-corrected chi connectivity index (χ4v) is 4.78. The summed E-state index contributed by atoms with van der Waals surface area (Å²) in [4.78, 5) is 0. The molecule has 0 aliphatic rings. The standard InChI is InChI=1S/C9H11BrN4O2S2/c1-14-6-11-13-8(14)2-4-12-18(15,16)9-7(10)3-5-17-9/h3,5-6,12H,2,4H2,1H3. The number of thiophene rings is 1. The highest BCUT2D eigenvalue weighted by Crippen LogP contribution is 2.27. The van der Waals surface area contributed by atoms with Crippen molar-refractivity contribution in [2.75, 3.05) is 6.54 Å². The van der Waals surface area contributed by atoms with Crippen LogP contribution in [0.4, 0.5) is 0 Å². The van der Waals surface area contributed by atoms with Crippen LogP contribution in [0.2, 0.25) is 0 Å². The molecule has 0 aromatic carbocycles. The summed E-state index contributed by atoms with van der Waals surface area (Å²) in [5, 5.41) is 9.34. The van der Waals surface area contributed by atoms with E-state index in [1.54, 1.807) is 22.3 Å². The van der Waals surface area contributed by atoms with Gasteiger partial charge in [0.1, 0.15) is 16.4 Å². The minimum atomic E-state index is -3.45. The van der Waals surface area contributed by atoms with Crippen molar-refractivity contribution in [3.05, 3.63) is 28.1 Å². The third-order valence-corrected chi connectivity index (χ3v) is 6.41. The van der Waals surface area contributed by atoms with Gasteiger partial charge in [0, 0.05) is 24.5 Å². The highest BCUT2D eigenvalue weighted by atomic mass is 79.9. The summed E-state index contributed by atoms with van der Waals surface area (Å²) in [5.41, 5.74) is 0. The molecule has 0 bridgehead atoms. The van der Waals surface area contributed by atoms with Gasteiger partial charge in [0.15, 0.2) is 0 Å². The number of aromatic nitrogens is 3. The highest BCUT2D eigenvalue weighted by molar-refractivity contribution is 9.10. The number of sulfonamides is 1. The van der Waals surface area contributed by atoms with Gasteiger partial charge in [0.25, 0.3) is 10.0 Å². The van der Waals surface area contributed by atoms with Crippen molar-refractivity contribution in [1.29, 1.82) is 0 Å². The summed E-state index contributed by atoms with van der Waals surface area (Å²) in [6, 6.07) is 1.71. The van der Waals surface area contributed by atoms with E-state index in [-0.39, 0.29) is 0 Å². The first-order valence-electron chi connectivity index (χ1n) is 5.06. The first-order valence-corrected chi connectivity index (χ1v) is 8.22. The maximum atomic E-state index is 12.0. The van der Waals surface area contributed by atoms with Crippen LogP contribution in [0.25, 0.3) is 0 Å². The molecule has 9 heteroatoms. The fraction of sp³-hybridized carbons (Fsp3) is 0.333. The molecule has 2 aromatic rings. The number of nitrogens with zero attached hydrogens (tertiary/aromatic N) is 3. The monoisotopic (exact) mass is 350 g/mol. The smallest absolute Gasteiger partial charge is 0.251 e. The van der Waals surface area contributed by atoms with E-state index in [1.807, 2.05) is 7.05 Å². The largest absolute Gasteiger partial charge is 0.321 e. The van der Waals surface area contributed by atoms with Crippen LogP contribution >= 0.6 is 27.3 Å². The quantitative estimate of drug-likeness (QED) is 0.877. The van der Waals surface area contributed by atoms with Crippen LogP contribution in [-0.2, 0) is 23.5 Å². The molecule has 0 radical (unpaired) electrons. The summed E-state index contributed by atoms with van der Waals surface area (Å²) >= 11 is 4.39. The highest BCUT2D eigenvalue weighted by Gasteiger charge is 2.18. The third-order valence-electron chi connectivity index (χ3n) is 2.27. The molecule has 0 amide bonds. The Balaban J connectivity index is 1.99. The van der Waals surface area contributed by atoms with Crippen molar-refractivity contribution in [2.45, 2.75) is 10.6 Å². The van der Waals surface area contributed by atoms with E-state index < -0.39 is 10.0 Å². The molecule has 0 saturated carbocycles. The van der Waals surface area contributed by atoms with Crippen LogP contribution in [-0.4, -0.2) is 29.7 Å². The van der Waals surface area contributed by atoms with Crippen LogP contribution in [0, 0.1) is 0 Å². The first kappa shape index (κ1) is 13.7. The minimum absolute atomic E-state index is 0.291. The number of nitrogens with one attached hydrogen (secondary N) is 1. The molecule has 0 saturated heterocycles. The van der Waals surface area contributed by atoms with Crippen LogP contribution in [0.5, 0.6) is 0 Å². The van der Waals surface area contributed by atoms with E-state index in [1.165, 1.54) is 11.3 Å². The zero-order chi connectivity index (χ0) is 13.2. The molecule has 2 rings (SSSR count). The van der Waals surface area contributed by atoms with Gasteiger partial charge < -0.3 is 4.57 Å². The van der Waals surface area contributed by atoms with Gasteiger partial charge in [0.05, 0.1) is 0 Å². The van der Waals surface area contributed by atoms with E-state index in [9.17, 15) is 8.42 Å². The summed E-state index contributed by atoms with van der Waals surface area (Å²) in [7, 11) is -1.63. The normalized spacial score (nSPS) is 11.9. The molecule has 0 aliphatic heterocycles. The van der Waals surface area contributed by atoms with Crippen LogP contribution in [0.1, 0.15) is 5.82 Å². The molecule has 0 atom stereocenters. The molecular weight excluding hydrogens is 340 g/mol. The molecule has 0 unspecified atom stereocenters. The van der Waals surface area contributed by atoms with E-state index in [0.717, 1.165) is 5.82 Å². The van der Waals surface area contributed by atoms with Crippen LogP contribution < -0.4 is 4.72 Å². The van der Waals surface area contributed by atoms with E-state index >= 15 is 0 Å². The van der Waals surface area contributed by atoms with E-state index in [4.69, 9.17) is 0 Å². The zero-order valence-corrected chi connectivity index (χ0v) is 12.7. The predicted octanol–water partition coefficient (Wildman–Crippen LogP) is 1.16. The van der Waals surface area contributed by atoms with Gasteiger partial charge in [-0.25, -0.2) is 13.1 Å². The van der Waals surface area contributed by atoms with Crippen molar-refractivity contribution < 1.29 is 8.42 Å². The topological polar surface area (TPSA) is 76.9 Å². The summed E-state index contributed by atoms with van der Waals surface area (Å²) in [6.45, 7) is 0.291. The lowest BCUT2D eigenvalue weighted by Gasteiger charge is -2.05. The molecule has 1 N–H and O–H groups in total. The van der Waals surface area contributed by atoms with Gasteiger partial charge in [-0.2, -0.15) is 0 Å². The predicted molar refractivity (Wildman–Crippen MR) is 71.9 cm³/mol. The van der Waals surface area contributed by atoms with Crippen molar-refractivity contribution in [3.8, 4) is 0 Å². The summed E-state index contributed by atoms with van der Waals surface area (Å²) in [5.74, 6) is 0.739. The van der Waals surface area contributed by atoms with Crippen molar-refractivity contribution >= 4 is 37.3 Å². The molecule has 2 heterocycles. The Morgan fingerprint density at radius 2 is 2.33 bits per heavy atom. The van der Waals surface area contributed by atoms with Gasteiger partial charge in [0.2, 0.25) is 0 Å². The zero-order valence-electron chi connectivity index (χ0n) is 9.50. The lowest BCUT2D eigenvalue weighted by atomic mass is 10.4. The average molecular weight is 351 g/mol. The Bertz CT molecular complexity index is 635. The fourth-order valence-electron chi connectivity index (χ4n) is 1.37. The van der Waals surface area contributed by atoms with E-state index in [2.05, 4.69) is 30.8 Å². The van der Waals surface area contributed by atoms with Gasteiger partial charge in [-0.1, -0.05) is 0 Å². The van der Waals surface area contributed by atoms with Gasteiger partial charge in [-0.3, -0.25) is 0 Å². The van der Waals surface area contributed by atoms with Gasteiger partial charge in [-0.15, -0.1) is 21.5 Å². The second-order valence-corrected chi connectivity index (χ2v) is 7.29. The van der Waals surface area contributed by atoms with Crippen molar-refractivity contribution in [2.24, 2.45) is 7.05 Å². The maximum Gasteiger partial charge on any atom is 0.251 e. The number of halogens is 1. The molecule has 0 aliphatic carbocycles. The second-order valence-electron chi connectivity index (χ2n) is 3.56. The lowest BCUT2D eigenvalue weighted by Crippen LogP contribution is -2.26. The minimum Gasteiger partial charge on any atom is -0.321 e. The Hall–Kier alpha value is -0.770. The molecule has 98 valence electrons. The van der Waals surface area contributed by atoms with Gasteiger partial charge in [-0.05, 0) is 27.4 Å². The lowest BCUT2D eigenvalue weighted by molar-refractivity contribution is 0.581. The molecule has 6 nitrogen and oxygen atoms in total. The molecule has 2 aromatic heterocycles. The Morgan fingerprint density at radius 3 is 2.89 bits per heavy atom. The maximum absolute atomic E-state index is 12.0. The Labute approximate surface area is 117 Å². The van der Waals surface area contributed by atoms with Gasteiger partial charge >= 0.3 is 0 Å². The second kappa shape index (κ2) is 5.47. The molecule has 0 spiro atoms.